The molecule has 0 aromatic heterocycles. The smallest absolute Gasteiger partial charge is 0.342 e. The second-order valence-electron chi connectivity index (χ2n) is 3.20. The molecule has 2 atom stereocenters. The van der Waals surface area contributed by atoms with E-state index in [1.807, 2.05) is 12.1 Å². The maximum Gasteiger partial charge on any atom is 0.342 e. The number of hydrogen-bond donors (Lipinski definition) is 1. The van der Waals surface area contributed by atoms with Gasteiger partial charge in [-0.25, -0.2) is 9.18 Å². The van der Waals surface area contributed by atoms with E-state index in [0.29, 0.717) is 5.56 Å². The van der Waals surface area contributed by atoms with Gasteiger partial charge in [-0.3, -0.25) is 0 Å². The quantitative estimate of drug-likeness (QED) is 0.677. The summed E-state index contributed by atoms with van der Waals surface area (Å²) in [7, 11) is 0. The fourth-order valence-corrected chi connectivity index (χ4v) is 2.02. The maximum absolute atomic E-state index is 13.6. The molecule has 88 valence electrons. The lowest BCUT2D eigenvalue weighted by Crippen LogP contribution is -2.32. The van der Waals surface area contributed by atoms with Crippen LogP contribution in [0.3, 0.4) is 0 Å². The number of carbonyl (C=O) groups is 1. The van der Waals surface area contributed by atoms with E-state index in [-0.39, 0.29) is 6.61 Å². The highest BCUT2D eigenvalue weighted by Crippen LogP contribution is 2.22. The number of esters is 1. The average Bonchev–Trinajstić information content (AvgIpc) is 2.28. The highest BCUT2D eigenvalue weighted by molar-refractivity contribution is 14.1. The molecular weight excluding hydrogens is 324 g/mol. The van der Waals surface area contributed by atoms with Crippen molar-refractivity contribution in [3.05, 3.63) is 33.4 Å². The van der Waals surface area contributed by atoms with E-state index >= 15 is 0 Å². The molecular formula is C11H13FINO2. The Bertz CT molecular complexity index is 373. The topological polar surface area (TPSA) is 52.3 Å². The molecule has 0 aliphatic carbocycles. The third-order valence-corrected chi connectivity index (χ3v) is 3.07. The first-order valence-electron chi connectivity index (χ1n) is 4.88. The molecule has 0 aliphatic heterocycles. The molecule has 3 nitrogen and oxygen atoms in total. The molecule has 1 rings (SSSR count). The fraction of sp³-hybridized carbons (Fsp3) is 0.364. The Balaban J connectivity index is 2.82. The minimum atomic E-state index is -1.82. The van der Waals surface area contributed by atoms with Crippen LogP contribution in [0.2, 0.25) is 0 Å². The highest BCUT2D eigenvalue weighted by atomic mass is 127. The highest BCUT2D eigenvalue weighted by Gasteiger charge is 2.28. The SMILES string of the molecule is CCOC(=O)C(F)[C@@H](N)c1ccccc1I. The Labute approximate surface area is 107 Å². The van der Waals surface area contributed by atoms with Gasteiger partial charge in [0.15, 0.2) is 0 Å². The van der Waals surface area contributed by atoms with Gasteiger partial charge in [0.05, 0.1) is 12.6 Å². The predicted molar refractivity (Wildman–Crippen MR) is 67.6 cm³/mol. The number of rotatable bonds is 4. The van der Waals surface area contributed by atoms with Crippen LogP contribution < -0.4 is 5.73 Å². The van der Waals surface area contributed by atoms with E-state index in [1.54, 1.807) is 19.1 Å². The largest absolute Gasteiger partial charge is 0.464 e. The van der Waals surface area contributed by atoms with Crippen LogP contribution in [0.25, 0.3) is 0 Å². The molecule has 1 unspecified atom stereocenters. The van der Waals surface area contributed by atoms with Crippen molar-refractivity contribution in [3.63, 3.8) is 0 Å². The molecule has 1 aromatic carbocycles. The van der Waals surface area contributed by atoms with Crippen LogP contribution in [0.1, 0.15) is 18.5 Å². The Kier molecular flexibility index (Phi) is 5.14. The van der Waals surface area contributed by atoms with E-state index < -0.39 is 18.2 Å². The predicted octanol–water partition coefficient (Wildman–Crippen LogP) is 2.19. The first-order valence-corrected chi connectivity index (χ1v) is 5.96. The zero-order valence-electron chi connectivity index (χ0n) is 8.82. The lowest BCUT2D eigenvalue weighted by atomic mass is 10.0. The summed E-state index contributed by atoms with van der Waals surface area (Å²) in [6, 6.07) is 6.13. The standard InChI is InChI=1S/C11H13FINO2/c1-2-16-11(15)9(12)10(14)7-5-3-4-6-8(7)13/h3-6,9-10H,2,14H2,1H3/t9?,10-/m0/s1. The Morgan fingerprint density at radius 3 is 2.75 bits per heavy atom. The summed E-state index contributed by atoms with van der Waals surface area (Å²) < 4.78 is 19.1. The van der Waals surface area contributed by atoms with Gasteiger partial charge in [0.25, 0.3) is 0 Å². The van der Waals surface area contributed by atoms with E-state index in [1.165, 1.54) is 0 Å². The zero-order chi connectivity index (χ0) is 12.1. The molecule has 2 N–H and O–H groups in total. The first kappa shape index (κ1) is 13.4. The van der Waals surface area contributed by atoms with Crippen LogP contribution in [-0.4, -0.2) is 18.7 Å². The number of halogens is 2. The van der Waals surface area contributed by atoms with Crippen molar-refractivity contribution in [1.82, 2.24) is 0 Å². The first-order chi connectivity index (χ1) is 7.57. The molecule has 5 heteroatoms. The molecule has 0 bridgehead atoms. The second-order valence-corrected chi connectivity index (χ2v) is 4.36. The van der Waals surface area contributed by atoms with Crippen molar-refractivity contribution in [2.45, 2.75) is 19.1 Å². The molecule has 16 heavy (non-hydrogen) atoms. The zero-order valence-corrected chi connectivity index (χ0v) is 11.0. The van der Waals surface area contributed by atoms with Crippen molar-refractivity contribution in [3.8, 4) is 0 Å². The van der Waals surface area contributed by atoms with E-state index in [9.17, 15) is 9.18 Å². The van der Waals surface area contributed by atoms with Gasteiger partial charge in [-0.2, -0.15) is 0 Å². The summed E-state index contributed by atoms with van der Waals surface area (Å²) >= 11 is 2.05. The minimum absolute atomic E-state index is 0.151. The lowest BCUT2D eigenvalue weighted by Gasteiger charge is -2.16. The summed E-state index contributed by atoms with van der Waals surface area (Å²) in [6.07, 6.45) is -1.82. The Morgan fingerprint density at radius 1 is 1.56 bits per heavy atom. The molecule has 0 radical (unpaired) electrons. The van der Waals surface area contributed by atoms with Crippen LogP contribution in [0.5, 0.6) is 0 Å². The molecule has 0 amide bonds. The monoisotopic (exact) mass is 337 g/mol. The van der Waals surface area contributed by atoms with Gasteiger partial charge < -0.3 is 10.5 Å². The molecule has 0 fully saturated rings. The van der Waals surface area contributed by atoms with Crippen molar-refractivity contribution >= 4 is 28.6 Å². The fourth-order valence-electron chi connectivity index (χ4n) is 1.27. The number of alkyl halides is 1. The molecule has 0 saturated carbocycles. The summed E-state index contributed by atoms with van der Waals surface area (Å²) in [5, 5.41) is 0. The number of benzene rings is 1. The van der Waals surface area contributed by atoms with Gasteiger partial charge in [0.2, 0.25) is 6.17 Å². The van der Waals surface area contributed by atoms with Crippen LogP contribution in [0.4, 0.5) is 4.39 Å². The van der Waals surface area contributed by atoms with Crippen molar-refractivity contribution < 1.29 is 13.9 Å². The number of hydrogen-bond acceptors (Lipinski definition) is 3. The third-order valence-electron chi connectivity index (χ3n) is 2.09. The molecule has 1 aromatic rings. The van der Waals surface area contributed by atoms with Gasteiger partial charge in [0, 0.05) is 3.57 Å². The summed E-state index contributed by atoms with van der Waals surface area (Å²) in [5.74, 6) is -0.908. The number of nitrogens with two attached hydrogens (primary N) is 1. The van der Waals surface area contributed by atoms with Crippen molar-refractivity contribution in [2.24, 2.45) is 5.73 Å². The molecule has 0 aliphatic rings. The van der Waals surface area contributed by atoms with E-state index in [0.717, 1.165) is 3.57 Å². The third kappa shape index (κ3) is 3.15. The second kappa shape index (κ2) is 6.15. The van der Waals surface area contributed by atoms with Crippen LogP contribution in [0, 0.1) is 3.57 Å². The van der Waals surface area contributed by atoms with Crippen molar-refractivity contribution in [2.75, 3.05) is 6.61 Å². The minimum Gasteiger partial charge on any atom is -0.464 e. The van der Waals surface area contributed by atoms with Gasteiger partial charge in [-0.05, 0) is 41.1 Å². The maximum atomic E-state index is 13.6. The van der Waals surface area contributed by atoms with Gasteiger partial charge >= 0.3 is 5.97 Å². The normalized spacial score (nSPS) is 14.2. The summed E-state index contributed by atoms with van der Waals surface area (Å²) in [5.41, 5.74) is 6.30. The number of ether oxygens (including phenoxy) is 1. The van der Waals surface area contributed by atoms with Gasteiger partial charge in [-0.1, -0.05) is 18.2 Å². The Hall–Kier alpha value is -0.690. The molecule has 0 saturated heterocycles. The van der Waals surface area contributed by atoms with Crippen LogP contribution in [0.15, 0.2) is 24.3 Å². The van der Waals surface area contributed by atoms with Crippen molar-refractivity contribution in [1.29, 1.82) is 0 Å². The molecule has 0 heterocycles. The lowest BCUT2D eigenvalue weighted by molar-refractivity contribution is -0.149. The summed E-state index contributed by atoms with van der Waals surface area (Å²) in [6.45, 7) is 1.78. The Morgan fingerprint density at radius 2 is 2.19 bits per heavy atom. The average molecular weight is 337 g/mol. The summed E-state index contributed by atoms with van der Waals surface area (Å²) in [4.78, 5) is 11.2. The van der Waals surface area contributed by atoms with E-state index in [2.05, 4.69) is 27.3 Å². The number of carbonyl (C=O) groups excluding carboxylic acids is 1. The van der Waals surface area contributed by atoms with Gasteiger partial charge in [0.1, 0.15) is 0 Å². The van der Waals surface area contributed by atoms with Crippen LogP contribution in [-0.2, 0) is 9.53 Å². The van der Waals surface area contributed by atoms with Gasteiger partial charge in [-0.15, -0.1) is 0 Å². The van der Waals surface area contributed by atoms with E-state index in [4.69, 9.17) is 5.73 Å². The molecule has 0 spiro atoms. The van der Waals surface area contributed by atoms with Crippen LogP contribution >= 0.6 is 22.6 Å².